The molecule has 2 heterocycles. The third-order valence-electron chi connectivity index (χ3n) is 2.56. The average Bonchev–Trinajstić information content (AvgIpc) is 2.87. The van der Waals surface area contributed by atoms with Crippen molar-refractivity contribution in [3.8, 4) is 0 Å². The Bertz CT molecular complexity index is 558. The van der Waals surface area contributed by atoms with Gasteiger partial charge in [-0.2, -0.15) is 5.10 Å². The Hall–Kier alpha value is -2.15. The van der Waals surface area contributed by atoms with Crippen LogP contribution in [0.25, 0.3) is 0 Å². The summed E-state index contributed by atoms with van der Waals surface area (Å²) in [6, 6.07) is 1.83. The standard InChI is InChI=1S/C11H14N4O3/c1-7-3-8(18-14-7)4-12-6-10-9(11(16)17)5-13-15(10)2/h3,5,12H,4,6H2,1-2H3,(H,16,17). The van der Waals surface area contributed by atoms with Gasteiger partial charge < -0.3 is 14.9 Å². The minimum Gasteiger partial charge on any atom is -0.478 e. The number of nitrogens with zero attached hydrogens (tertiary/aromatic N) is 3. The lowest BCUT2D eigenvalue weighted by atomic mass is 10.2. The van der Waals surface area contributed by atoms with Crippen molar-refractivity contribution in [1.82, 2.24) is 20.3 Å². The smallest absolute Gasteiger partial charge is 0.339 e. The zero-order chi connectivity index (χ0) is 13.1. The van der Waals surface area contributed by atoms with E-state index in [0.29, 0.717) is 24.5 Å². The molecular formula is C11H14N4O3. The highest BCUT2D eigenvalue weighted by Gasteiger charge is 2.14. The van der Waals surface area contributed by atoms with Crippen molar-refractivity contribution in [2.75, 3.05) is 0 Å². The number of aryl methyl sites for hydroxylation is 2. The van der Waals surface area contributed by atoms with Gasteiger partial charge in [0.25, 0.3) is 0 Å². The second-order valence-corrected chi connectivity index (χ2v) is 3.97. The van der Waals surface area contributed by atoms with E-state index in [0.717, 1.165) is 5.69 Å². The number of hydrogen-bond acceptors (Lipinski definition) is 5. The Morgan fingerprint density at radius 1 is 1.56 bits per heavy atom. The molecule has 7 nitrogen and oxygen atoms in total. The Morgan fingerprint density at radius 3 is 2.94 bits per heavy atom. The number of hydrogen-bond donors (Lipinski definition) is 2. The van der Waals surface area contributed by atoms with Gasteiger partial charge in [-0.25, -0.2) is 4.79 Å². The Labute approximate surface area is 103 Å². The maximum atomic E-state index is 11.0. The summed E-state index contributed by atoms with van der Waals surface area (Å²) in [5, 5.41) is 19.8. The van der Waals surface area contributed by atoms with Crippen LogP contribution in [-0.2, 0) is 20.1 Å². The highest BCUT2D eigenvalue weighted by molar-refractivity contribution is 5.88. The largest absolute Gasteiger partial charge is 0.478 e. The average molecular weight is 250 g/mol. The quantitative estimate of drug-likeness (QED) is 0.811. The van der Waals surface area contributed by atoms with E-state index in [1.807, 2.05) is 13.0 Å². The Kier molecular flexibility index (Phi) is 3.42. The van der Waals surface area contributed by atoms with Crippen LogP contribution in [0.2, 0.25) is 0 Å². The number of nitrogens with one attached hydrogen (secondary N) is 1. The summed E-state index contributed by atoms with van der Waals surface area (Å²) >= 11 is 0. The summed E-state index contributed by atoms with van der Waals surface area (Å²) in [7, 11) is 1.71. The molecule has 2 aromatic rings. The minimum absolute atomic E-state index is 0.207. The maximum absolute atomic E-state index is 11.0. The van der Waals surface area contributed by atoms with Crippen molar-refractivity contribution in [2.45, 2.75) is 20.0 Å². The van der Waals surface area contributed by atoms with Crippen molar-refractivity contribution in [1.29, 1.82) is 0 Å². The van der Waals surface area contributed by atoms with Gasteiger partial charge in [0.15, 0.2) is 5.76 Å². The molecule has 0 bridgehead atoms. The van der Waals surface area contributed by atoms with Crippen molar-refractivity contribution < 1.29 is 14.4 Å². The zero-order valence-corrected chi connectivity index (χ0v) is 10.2. The van der Waals surface area contributed by atoms with Gasteiger partial charge in [0.2, 0.25) is 0 Å². The summed E-state index contributed by atoms with van der Waals surface area (Å²) in [5.74, 6) is -0.262. The lowest BCUT2D eigenvalue weighted by Crippen LogP contribution is -2.17. The maximum Gasteiger partial charge on any atom is 0.339 e. The first-order chi connectivity index (χ1) is 8.58. The van der Waals surface area contributed by atoms with E-state index in [-0.39, 0.29) is 5.56 Å². The molecule has 0 radical (unpaired) electrons. The predicted octanol–water partition coefficient (Wildman–Crippen LogP) is 0.705. The molecule has 0 atom stereocenters. The first-order valence-corrected chi connectivity index (χ1v) is 5.45. The van der Waals surface area contributed by atoms with Gasteiger partial charge in [-0.05, 0) is 6.92 Å². The van der Waals surface area contributed by atoms with E-state index in [1.165, 1.54) is 6.20 Å². The fraction of sp³-hybridized carbons (Fsp3) is 0.364. The van der Waals surface area contributed by atoms with Crippen molar-refractivity contribution in [3.05, 3.63) is 35.0 Å². The van der Waals surface area contributed by atoms with Crippen LogP contribution in [0.4, 0.5) is 0 Å². The van der Waals surface area contributed by atoms with Gasteiger partial charge in [-0.3, -0.25) is 4.68 Å². The molecule has 18 heavy (non-hydrogen) atoms. The summed E-state index contributed by atoms with van der Waals surface area (Å²) in [6.07, 6.45) is 1.35. The van der Waals surface area contributed by atoms with E-state index in [4.69, 9.17) is 9.63 Å². The van der Waals surface area contributed by atoms with Crippen LogP contribution in [0.5, 0.6) is 0 Å². The van der Waals surface area contributed by atoms with Gasteiger partial charge >= 0.3 is 5.97 Å². The van der Waals surface area contributed by atoms with Crippen LogP contribution in [0.3, 0.4) is 0 Å². The van der Waals surface area contributed by atoms with Gasteiger partial charge in [0.1, 0.15) is 5.56 Å². The van der Waals surface area contributed by atoms with Crippen molar-refractivity contribution >= 4 is 5.97 Å². The molecule has 0 spiro atoms. The van der Waals surface area contributed by atoms with Crippen LogP contribution in [0, 0.1) is 6.92 Å². The number of aromatic carboxylic acids is 1. The van der Waals surface area contributed by atoms with Crippen LogP contribution < -0.4 is 5.32 Å². The molecule has 0 saturated carbocycles. The van der Waals surface area contributed by atoms with Crippen molar-refractivity contribution in [2.24, 2.45) is 7.05 Å². The monoisotopic (exact) mass is 250 g/mol. The number of carboxylic acids is 1. The second-order valence-electron chi connectivity index (χ2n) is 3.97. The van der Waals surface area contributed by atoms with Gasteiger partial charge in [-0.1, -0.05) is 5.16 Å². The van der Waals surface area contributed by atoms with E-state index in [9.17, 15) is 4.79 Å². The normalized spacial score (nSPS) is 10.8. The minimum atomic E-state index is -0.976. The zero-order valence-electron chi connectivity index (χ0n) is 10.2. The lowest BCUT2D eigenvalue weighted by Gasteiger charge is -2.04. The Morgan fingerprint density at radius 2 is 2.33 bits per heavy atom. The van der Waals surface area contributed by atoms with Crippen LogP contribution in [-0.4, -0.2) is 26.0 Å². The molecule has 0 amide bonds. The second kappa shape index (κ2) is 5.01. The molecule has 7 heteroatoms. The molecule has 2 N–H and O–H groups in total. The van der Waals surface area contributed by atoms with Crippen LogP contribution >= 0.6 is 0 Å². The number of carbonyl (C=O) groups is 1. The molecule has 0 aromatic carbocycles. The molecule has 2 aromatic heterocycles. The van der Waals surface area contributed by atoms with Crippen LogP contribution in [0.15, 0.2) is 16.8 Å². The highest BCUT2D eigenvalue weighted by atomic mass is 16.5. The first-order valence-electron chi connectivity index (χ1n) is 5.45. The van der Waals surface area contributed by atoms with Crippen molar-refractivity contribution in [3.63, 3.8) is 0 Å². The highest BCUT2D eigenvalue weighted by Crippen LogP contribution is 2.08. The number of rotatable bonds is 5. The van der Waals surface area contributed by atoms with E-state index in [1.54, 1.807) is 11.7 Å². The van der Waals surface area contributed by atoms with Gasteiger partial charge in [0, 0.05) is 19.7 Å². The predicted molar refractivity (Wildman–Crippen MR) is 62.0 cm³/mol. The summed E-state index contributed by atoms with van der Waals surface area (Å²) < 4.78 is 6.58. The summed E-state index contributed by atoms with van der Waals surface area (Å²) in [6.45, 7) is 2.74. The SMILES string of the molecule is Cc1cc(CNCc2c(C(=O)O)cnn2C)on1. The fourth-order valence-electron chi connectivity index (χ4n) is 1.65. The van der Waals surface area contributed by atoms with Gasteiger partial charge in [-0.15, -0.1) is 0 Å². The summed E-state index contributed by atoms with van der Waals surface area (Å²) in [5.41, 5.74) is 1.65. The first kappa shape index (κ1) is 12.3. The number of aromatic nitrogens is 3. The lowest BCUT2D eigenvalue weighted by molar-refractivity contribution is 0.0695. The van der Waals surface area contributed by atoms with Gasteiger partial charge in [0.05, 0.1) is 24.1 Å². The molecule has 0 fully saturated rings. The Balaban J connectivity index is 1.98. The molecule has 0 saturated heterocycles. The molecule has 0 aliphatic carbocycles. The third kappa shape index (κ3) is 2.57. The molecule has 0 aliphatic heterocycles. The topological polar surface area (TPSA) is 93.2 Å². The third-order valence-corrected chi connectivity index (χ3v) is 2.56. The van der Waals surface area contributed by atoms with E-state index >= 15 is 0 Å². The molecule has 2 rings (SSSR count). The van der Waals surface area contributed by atoms with E-state index < -0.39 is 5.97 Å². The molecule has 96 valence electrons. The fourth-order valence-corrected chi connectivity index (χ4v) is 1.65. The summed E-state index contributed by atoms with van der Waals surface area (Å²) in [4.78, 5) is 11.0. The molecular weight excluding hydrogens is 236 g/mol. The molecule has 0 aliphatic rings. The van der Waals surface area contributed by atoms with E-state index in [2.05, 4.69) is 15.6 Å². The number of carboxylic acid groups (broad SMARTS) is 1. The molecule has 0 unspecified atom stereocenters. The van der Waals surface area contributed by atoms with Crippen LogP contribution in [0.1, 0.15) is 27.5 Å².